The lowest BCUT2D eigenvalue weighted by atomic mass is 10.0. The Balaban J connectivity index is 1.73. The van der Waals surface area contributed by atoms with E-state index >= 15 is 0 Å². The average molecular weight is 412 g/mol. The predicted octanol–water partition coefficient (Wildman–Crippen LogP) is 4.74. The van der Waals surface area contributed by atoms with Gasteiger partial charge < -0.3 is 14.8 Å². The summed E-state index contributed by atoms with van der Waals surface area (Å²) in [4.78, 5) is 17.0. The quantitative estimate of drug-likeness (QED) is 0.542. The van der Waals surface area contributed by atoms with E-state index in [-0.39, 0.29) is 11.7 Å². The first-order chi connectivity index (χ1) is 14.0. The van der Waals surface area contributed by atoms with Crippen molar-refractivity contribution in [3.8, 4) is 17.2 Å². The number of imidazole rings is 1. The molecule has 0 aliphatic rings. The fraction of sp³-hybridized carbons (Fsp3) is 0.273. The second-order valence-corrected chi connectivity index (χ2v) is 7.64. The van der Waals surface area contributed by atoms with Gasteiger partial charge in [-0.3, -0.25) is 9.36 Å². The van der Waals surface area contributed by atoms with Crippen LogP contribution in [0.1, 0.15) is 25.3 Å². The van der Waals surface area contributed by atoms with Crippen LogP contribution in [-0.2, 0) is 4.79 Å². The summed E-state index contributed by atoms with van der Waals surface area (Å²) in [6.45, 7) is 4.33. The number of nitrogens with zero attached hydrogens (tertiary/aromatic N) is 2. The molecular weight excluding hydrogens is 386 g/mol. The van der Waals surface area contributed by atoms with E-state index in [9.17, 15) is 4.79 Å². The van der Waals surface area contributed by atoms with Crippen LogP contribution in [0, 0.1) is 0 Å². The zero-order valence-electron chi connectivity index (χ0n) is 17.0. The molecular formula is C22H25N3O3S. The number of anilines is 1. The molecule has 0 spiro atoms. The lowest BCUT2D eigenvalue weighted by Gasteiger charge is -2.15. The van der Waals surface area contributed by atoms with Gasteiger partial charge in [0, 0.05) is 18.5 Å². The van der Waals surface area contributed by atoms with E-state index in [1.54, 1.807) is 38.6 Å². The summed E-state index contributed by atoms with van der Waals surface area (Å²) >= 11 is 1.39. The van der Waals surface area contributed by atoms with Crippen molar-refractivity contribution in [2.45, 2.75) is 24.9 Å². The number of amides is 1. The topological polar surface area (TPSA) is 65.4 Å². The molecule has 0 saturated heterocycles. The minimum Gasteiger partial charge on any atom is -0.497 e. The van der Waals surface area contributed by atoms with Gasteiger partial charge in [0.05, 0.1) is 31.3 Å². The monoisotopic (exact) mass is 411 g/mol. The number of thioether (sulfide) groups is 1. The third-order valence-corrected chi connectivity index (χ3v) is 5.41. The molecule has 0 radical (unpaired) electrons. The molecule has 0 aliphatic heterocycles. The largest absolute Gasteiger partial charge is 0.497 e. The van der Waals surface area contributed by atoms with Crippen LogP contribution < -0.4 is 14.8 Å². The molecule has 1 N–H and O–H groups in total. The zero-order chi connectivity index (χ0) is 20.8. The molecule has 7 heteroatoms. The highest BCUT2D eigenvalue weighted by Gasteiger charge is 2.14. The Morgan fingerprint density at radius 3 is 2.69 bits per heavy atom. The van der Waals surface area contributed by atoms with E-state index < -0.39 is 0 Å². The van der Waals surface area contributed by atoms with E-state index in [2.05, 4.69) is 36.3 Å². The minimum atomic E-state index is -0.145. The fourth-order valence-corrected chi connectivity index (χ4v) is 3.77. The highest BCUT2D eigenvalue weighted by Crippen LogP contribution is 2.30. The average Bonchev–Trinajstić information content (AvgIpc) is 3.20. The number of benzene rings is 2. The van der Waals surface area contributed by atoms with Crippen LogP contribution >= 0.6 is 11.8 Å². The molecule has 0 atom stereocenters. The predicted molar refractivity (Wildman–Crippen MR) is 117 cm³/mol. The number of carbonyl (C=O) groups excluding carboxylic acids is 1. The first-order valence-corrected chi connectivity index (χ1v) is 10.3. The number of para-hydroxylation sites is 1. The summed E-state index contributed by atoms with van der Waals surface area (Å²) in [6, 6.07) is 13.5. The van der Waals surface area contributed by atoms with Gasteiger partial charge in [0.1, 0.15) is 11.5 Å². The molecule has 2 aromatic carbocycles. The smallest absolute Gasteiger partial charge is 0.234 e. The van der Waals surface area contributed by atoms with Crippen LogP contribution in [0.15, 0.2) is 60.0 Å². The van der Waals surface area contributed by atoms with Gasteiger partial charge in [-0.15, -0.1) is 0 Å². The first-order valence-electron chi connectivity index (χ1n) is 9.30. The number of carbonyl (C=O) groups is 1. The van der Waals surface area contributed by atoms with Crippen molar-refractivity contribution in [1.82, 2.24) is 9.55 Å². The van der Waals surface area contributed by atoms with Crippen LogP contribution in [0.25, 0.3) is 5.69 Å². The van der Waals surface area contributed by atoms with Crippen LogP contribution in [0.4, 0.5) is 5.69 Å². The lowest BCUT2D eigenvalue weighted by molar-refractivity contribution is -0.113. The summed E-state index contributed by atoms with van der Waals surface area (Å²) < 4.78 is 12.6. The van der Waals surface area contributed by atoms with Crippen LogP contribution in [0.3, 0.4) is 0 Å². The maximum Gasteiger partial charge on any atom is 0.234 e. The number of rotatable bonds is 8. The number of ether oxygens (including phenoxy) is 2. The van der Waals surface area contributed by atoms with E-state index in [0.717, 1.165) is 10.8 Å². The standard InChI is InChI=1S/C22H25N3O3S/c1-15(2)17-7-5-6-8-19(17)25-12-11-23-22(25)29-14-21(26)24-18-13-16(27-3)9-10-20(18)28-4/h5-13,15H,14H2,1-4H3,(H,24,26). The summed E-state index contributed by atoms with van der Waals surface area (Å²) in [7, 11) is 3.15. The molecule has 3 aromatic rings. The maximum atomic E-state index is 12.5. The Morgan fingerprint density at radius 2 is 1.97 bits per heavy atom. The molecule has 0 bridgehead atoms. The molecule has 1 heterocycles. The summed E-state index contributed by atoms with van der Waals surface area (Å²) in [5.41, 5.74) is 2.89. The zero-order valence-corrected chi connectivity index (χ0v) is 17.8. The van der Waals surface area contributed by atoms with Crippen LogP contribution in [0.5, 0.6) is 11.5 Å². The van der Waals surface area contributed by atoms with E-state index in [1.807, 2.05) is 22.9 Å². The highest BCUT2D eigenvalue weighted by molar-refractivity contribution is 7.99. The van der Waals surface area contributed by atoms with Gasteiger partial charge in [-0.2, -0.15) is 0 Å². The van der Waals surface area contributed by atoms with Gasteiger partial charge in [0.15, 0.2) is 5.16 Å². The molecule has 6 nitrogen and oxygen atoms in total. The number of nitrogens with one attached hydrogen (secondary N) is 1. The van der Waals surface area contributed by atoms with Gasteiger partial charge >= 0.3 is 0 Å². The van der Waals surface area contributed by atoms with Crippen molar-refractivity contribution >= 4 is 23.4 Å². The van der Waals surface area contributed by atoms with Crippen molar-refractivity contribution in [2.75, 3.05) is 25.3 Å². The van der Waals surface area contributed by atoms with Crippen molar-refractivity contribution in [3.63, 3.8) is 0 Å². The second kappa shape index (κ2) is 9.52. The number of hydrogen-bond acceptors (Lipinski definition) is 5. The number of methoxy groups -OCH3 is 2. The van der Waals surface area contributed by atoms with Gasteiger partial charge in [0.2, 0.25) is 5.91 Å². The Morgan fingerprint density at radius 1 is 1.17 bits per heavy atom. The Hall–Kier alpha value is -2.93. The maximum absolute atomic E-state index is 12.5. The fourth-order valence-electron chi connectivity index (χ4n) is 3.00. The molecule has 0 unspecified atom stereocenters. The van der Waals surface area contributed by atoms with Crippen molar-refractivity contribution in [2.24, 2.45) is 0 Å². The number of hydrogen-bond donors (Lipinski definition) is 1. The Labute approximate surface area is 175 Å². The SMILES string of the molecule is COc1ccc(OC)c(NC(=O)CSc2nccn2-c2ccccc2C(C)C)c1. The van der Waals surface area contributed by atoms with Crippen molar-refractivity contribution in [3.05, 3.63) is 60.4 Å². The van der Waals surface area contributed by atoms with Gasteiger partial charge in [-0.1, -0.05) is 43.8 Å². The molecule has 1 aromatic heterocycles. The summed E-state index contributed by atoms with van der Waals surface area (Å²) in [5, 5.41) is 3.65. The molecule has 29 heavy (non-hydrogen) atoms. The molecule has 0 saturated carbocycles. The summed E-state index contributed by atoms with van der Waals surface area (Å²) in [5.74, 6) is 1.69. The normalized spacial score (nSPS) is 10.8. The Kier molecular flexibility index (Phi) is 6.82. The first kappa shape index (κ1) is 20.8. The van der Waals surface area contributed by atoms with Crippen LogP contribution in [0.2, 0.25) is 0 Å². The molecule has 0 fully saturated rings. The third kappa shape index (κ3) is 4.92. The van der Waals surface area contributed by atoms with Gasteiger partial charge in [-0.25, -0.2) is 4.98 Å². The molecule has 3 rings (SSSR count). The van der Waals surface area contributed by atoms with Crippen LogP contribution in [-0.4, -0.2) is 35.4 Å². The van der Waals surface area contributed by atoms with E-state index in [0.29, 0.717) is 23.1 Å². The minimum absolute atomic E-state index is 0.145. The van der Waals surface area contributed by atoms with Gasteiger partial charge in [-0.05, 0) is 29.7 Å². The molecule has 152 valence electrons. The second-order valence-electron chi connectivity index (χ2n) is 6.70. The summed E-state index contributed by atoms with van der Waals surface area (Å²) in [6.07, 6.45) is 3.68. The van der Waals surface area contributed by atoms with E-state index in [1.165, 1.54) is 17.3 Å². The molecule has 1 amide bonds. The highest BCUT2D eigenvalue weighted by atomic mass is 32.2. The Bertz CT molecular complexity index is 985. The lowest BCUT2D eigenvalue weighted by Crippen LogP contribution is -2.15. The van der Waals surface area contributed by atoms with Gasteiger partial charge in [0.25, 0.3) is 0 Å². The van der Waals surface area contributed by atoms with Crippen molar-refractivity contribution < 1.29 is 14.3 Å². The molecule has 0 aliphatic carbocycles. The van der Waals surface area contributed by atoms with E-state index in [4.69, 9.17) is 9.47 Å². The third-order valence-electron chi connectivity index (χ3n) is 4.44. The number of aromatic nitrogens is 2. The van der Waals surface area contributed by atoms with Crippen molar-refractivity contribution in [1.29, 1.82) is 0 Å².